The van der Waals surface area contributed by atoms with Gasteiger partial charge in [-0.3, -0.25) is 10.1 Å². The summed E-state index contributed by atoms with van der Waals surface area (Å²) in [5.74, 6) is -1.89. The maximum Gasteiger partial charge on any atom is 0.422 e. The maximum absolute atomic E-state index is 14.9. The zero-order chi connectivity index (χ0) is 20.7. The first-order chi connectivity index (χ1) is 12.9. The fourth-order valence-corrected chi connectivity index (χ4v) is 3.05. The molecule has 1 fully saturated rings. The molecule has 0 aliphatic heterocycles. The summed E-state index contributed by atoms with van der Waals surface area (Å²) >= 11 is 0. The van der Waals surface area contributed by atoms with Crippen LogP contribution in [0.25, 0.3) is 11.0 Å². The summed E-state index contributed by atoms with van der Waals surface area (Å²) in [6.45, 7) is 1.35. The quantitative estimate of drug-likeness (QED) is 0.717. The van der Waals surface area contributed by atoms with E-state index in [1.807, 2.05) is 0 Å². The molecule has 0 unspecified atom stereocenters. The number of carbonyl (C=O) groups is 1. The Morgan fingerprint density at radius 2 is 2.04 bits per heavy atom. The number of hydrogen-bond donors (Lipinski definition) is 2. The molecule has 0 radical (unpaired) electrons. The number of aromatic nitrogens is 2. The molecule has 0 saturated heterocycles. The molecule has 1 saturated carbocycles. The van der Waals surface area contributed by atoms with Crippen LogP contribution >= 0.6 is 0 Å². The molecule has 2 N–H and O–H groups in total. The lowest BCUT2D eigenvalue weighted by atomic mass is 9.92. The van der Waals surface area contributed by atoms with Gasteiger partial charge < -0.3 is 14.4 Å². The lowest BCUT2D eigenvalue weighted by Crippen LogP contribution is -2.29. The van der Waals surface area contributed by atoms with Gasteiger partial charge in [-0.1, -0.05) is 0 Å². The van der Waals surface area contributed by atoms with Crippen molar-refractivity contribution in [3.8, 4) is 5.75 Å². The molecular weight excluding hydrogens is 382 g/mol. The van der Waals surface area contributed by atoms with Crippen molar-refractivity contribution in [2.45, 2.75) is 57.3 Å². The summed E-state index contributed by atoms with van der Waals surface area (Å²) < 4.78 is 58.3. The Morgan fingerprint density at radius 3 is 2.57 bits per heavy atom. The fraction of sp³-hybridized carbons (Fsp3) is 0.556. The molecule has 6 nitrogen and oxygen atoms in total. The monoisotopic (exact) mass is 403 g/mol. The molecular formula is C18H21F4N3O3. The molecule has 0 bridgehead atoms. The molecule has 1 aromatic heterocycles. The van der Waals surface area contributed by atoms with Crippen LogP contribution in [0.5, 0.6) is 5.75 Å². The number of nitrogens with zero attached hydrogens (tertiary/aromatic N) is 2. The number of fused-ring (bicyclic) bond motifs is 1. The Bertz CT molecular complexity index is 883. The minimum Gasteiger partial charge on any atom is -0.481 e. The average molecular weight is 403 g/mol. The highest BCUT2D eigenvalue weighted by atomic mass is 19.4. The number of carbonyl (C=O) groups excluding carboxylic acids is 1. The number of halogens is 4. The molecule has 1 amide bonds. The molecule has 0 atom stereocenters. The SMILES string of the molecule is CC(C)(O)CC(=O)Nc1nc2ccc(OCC(F)(F)F)c(F)c2n1C1CCC1. The lowest BCUT2D eigenvalue weighted by Gasteiger charge is -2.29. The average Bonchev–Trinajstić information content (AvgIpc) is 2.81. The Labute approximate surface area is 158 Å². The first kappa shape index (κ1) is 20.4. The zero-order valence-corrected chi connectivity index (χ0v) is 15.4. The summed E-state index contributed by atoms with van der Waals surface area (Å²) in [5, 5.41) is 12.4. The number of alkyl halides is 3. The van der Waals surface area contributed by atoms with Crippen LogP contribution in [-0.4, -0.2) is 38.9 Å². The lowest BCUT2D eigenvalue weighted by molar-refractivity contribution is -0.153. The van der Waals surface area contributed by atoms with Crippen molar-refractivity contribution in [3.63, 3.8) is 0 Å². The molecule has 0 spiro atoms. The Kier molecular flexibility index (Phi) is 5.26. The number of nitrogens with one attached hydrogen (secondary N) is 1. The van der Waals surface area contributed by atoms with Crippen molar-refractivity contribution in [2.24, 2.45) is 0 Å². The summed E-state index contributed by atoms with van der Waals surface area (Å²) in [4.78, 5) is 16.4. The van der Waals surface area contributed by atoms with Crippen molar-refractivity contribution in [1.29, 1.82) is 0 Å². The molecule has 1 aliphatic rings. The normalized spacial score (nSPS) is 15.5. The third-order valence-corrected chi connectivity index (χ3v) is 4.43. The van der Waals surface area contributed by atoms with Crippen molar-refractivity contribution < 1.29 is 32.2 Å². The number of amides is 1. The highest BCUT2D eigenvalue weighted by molar-refractivity contribution is 5.92. The molecule has 2 aromatic rings. The highest BCUT2D eigenvalue weighted by Crippen LogP contribution is 2.39. The molecule has 3 rings (SSSR count). The van der Waals surface area contributed by atoms with Crippen molar-refractivity contribution in [1.82, 2.24) is 9.55 Å². The van der Waals surface area contributed by atoms with E-state index in [1.165, 1.54) is 24.5 Å². The first-order valence-corrected chi connectivity index (χ1v) is 8.87. The summed E-state index contributed by atoms with van der Waals surface area (Å²) in [6.07, 6.45) is -2.41. The molecule has 154 valence electrons. The molecule has 1 aromatic carbocycles. The van der Waals surface area contributed by atoms with E-state index in [0.29, 0.717) is 0 Å². The highest BCUT2D eigenvalue weighted by Gasteiger charge is 2.31. The summed E-state index contributed by atoms with van der Waals surface area (Å²) in [5.41, 5.74) is -1.05. The predicted octanol–water partition coefficient (Wildman–Crippen LogP) is 3.94. The zero-order valence-electron chi connectivity index (χ0n) is 15.4. The van der Waals surface area contributed by atoms with Gasteiger partial charge in [0.15, 0.2) is 18.2 Å². The van der Waals surface area contributed by atoms with Gasteiger partial charge in [0.2, 0.25) is 11.9 Å². The molecule has 1 heterocycles. The third kappa shape index (κ3) is 4.54. The standard InChI is InChI=1S/C18H21F4N3O3/c1-17(2,27)8-13(26)24-16-23-11-6-7-12(28-9-18(20,21)22)14(19)15(11)25(16)10-4-3-5-10/h6-7,10,27H,3-5,8-9H2,1-2H3,(H,23,24,26). The Morgan fingerprint density at radius 1 is 1.36 bits per heavy atom. The topological polar surface area (TPSA) is 76.4 Å². The predicted molar refractivity (Wildman–Crippen MR) is 93.7 cm³/mol. The second-order valence-electron chi connectivity index (χ2n) is 7.58. The van der Waals surface area contributed by atoms with Gasteiger partial charge in [-0.15, -0.1) is 0 Å². The molecule has 10 heteroatoms. The number of ether oxygens (including phenoxy) is 1. The Hall–Kier alpha value is -2.36. The van der Waals surface area contributed by atoms with Gasteiger partial charge in [0.05, 0.1) is 17.5 Å². The Balaban J connectivity index is 1.98. The number of aliphatic hydroxyl groups is 1. The van der Waals surface area contributed by atoms with Gasteiger partial charge in [-0.05, 0) is 45.2 Å². The second kappa shape index (κ2) is 7.23. The van der Waals surface area contributed by atoms with Crippen LogP contribution in [-0.2, 0) is 4.79 Å². The van der Waals surface area contributed by atoms with Gasteiger partial charge in [-0.2, -0.15) is 13.2 Å². The summed E-state index contributed by atoms with van der Waals surface area (Å²) in [6, 6.07) is 2.31. The largest absolute Gasteiger partial charge is 0.481 e. The number of imidazole rings is 1. The van der Waals surface area contributed by atoms with Gasteiger partial charge in [-0.25, -0.2) is 9.37 Å². The fourth-order valence-electron chi connectivity index (χ4n) is 3.05. The van der Waals surface area contributed by atoms with Crippen LogP contribution in [0.15, 0.2) is 12.1 Å². The van der Waals surface area contributed by atoms with E-state index in [1.54, 1.807) is 0 Å². The van der Waals surface area contributed by atoms with E-state index < -0.39 is 35.9 Å². The second-order valence-corrected chi connectivity index (χ2v) is 7.58. The van der Waals surface area contributed by atoms with Crippen molar-refractivity contribution >= 4 is 22.9 Å². The van der Waals surface area contributed by atoms with Crippen LogP contribution in [0.3, 0.4) is 0 Å². The van der Waals surface area contributed by atoms with Crippen LogP contribution in [0.1, 0.15) is 45.6 Å². The summed E-state index contributed by atoms with van der Waals surface area (Å²) in [7, 11) is 0. The molecule has 28 heavy (non-hydrogen) atoms. The number of hydrogen-bond acceptors (Lipinski definition) is 4. The van der Waals surface area contributed by atoms with Crippen LogP contribution < -0.4 is 10.1 Å². The van der Waals surface area contributed by atoms with Gasteiger partial charge >= 0.3 is 6.18 Å². The van der Waals surface area contributed by atoms with Crippen molar-refractivity contribution in [2.75, 3.05) is 11.9 Å². The first-order valence-electron chi connectivity index (χ1n) is 8.87. The van der Waals surface area contributed by atoms with E-state index in [4.69, 9.17) is 0 Å². The van der Waals surface area contributed by atoms with Gasteiger partial charge in [0, 0.05) is 6.04 Å². The minimum atomic E-state index is -4.59. The number of benzene rings is 1. The van der Waals surface area contributed by atoms with Crippen LogP contribution in [0.2, 0.25) is 0 Å². The van der Waals surface area contributed by atoms with Gasteiger partial charge in [0.1, 0.15) is 5.52 Å². The van der Waals surface area contributed by atoms with Crippen molar-refractivity contribution in [3.05, 3.63) is 17.9 Å². The smallest absolute Gasteiger partial charge is 0.422 e. The molecule has 1 aliphatic carbocycles. The maximum atomic E-state index is 14.9. The minimum absolute atomic E-state index is 0.0112. The van der Waals surface area contributed by atoms with E-state index >= 15 is 0 Å². The van der Waals surface area contributed by atoms with E-state index in [2.05, 4.69) is 15.0 Å². The van der Waals surface area contributed by atoms with E-state index in [0.717, 1.165) is 25.3 Å². The van der Waals surface area contributed by atoms with Gasteiger partial charge in [0.25, 0.3) is 0 Å². The number of rotatable bonds is 6. The number of anilines is 1. The third-order valence-electron chi connectivity index (χ3n) is 4.43. The van der Waals surface area contributed by atoms with E-state index in [9.17, 15) is 27.5 Å². The van der Waals surface area contributed by atoms with E-state index in [-0.39, 0.29) is 29.4 Å². The van der Waals surface area contributed by atoms with Crippen LogP contribution in [0.4, 0.5) is 23.5 Å². The van der Waals surface area contributed by atoms with Crippen LogP contribution in [0, 0.1) is 5.82 Å².